The van der Waals surface area contributed by atoms with Crippen molar-refractivity contribution in [2.24, 2.45) is 0 Å². The van der Waals surface area contributed by atoms with E-state index in [4.69, 9.17) is 23.2 Å². The number of fused-ring (bicyclic) bond motifs is 2. The van der Waals surface area contributed by atoms with Gasteiger partial charge in [0.15, 0.2) is 5.82 Å². The number of aromatic nitrogens is 3. The molecule has 0 saturated carbocycles. The molecule has 0 unspecified atom stereocenters. The average molecular weight is 505 g/mol. The zero-order chi connectivity index (χ0) is 23.4. The van der Waals surface area contributed by atoms with Crippen molar-refractivity contribution in [3.63, 3.8) is 0 Å². The van der Waals surface area contributed by atoms with Crippen molar-refractivity contribution in [1.82, 2.24) is 14.6 Å². The number of carbonyl (C=O) groups excluding carboxylic acids is 1. The van der Waals surface area contributed by atoms with Crippen molar-refractivity contribution in [2.75, 3.05) is 4.90 Å². The Morgan fingerprint density at radius 3 is 2.24 bits per heavy atom. The summed E-state index contributed by atoms with van der Waals surface area (Å²) in [5.74, 6) is 0.203. The fourth-order valence-corrected chi connectivity index (χ4v) is 5.29. The van der Waals surface area contributed by atoms with E-state index in [1.54, 1.807) is 41.3 Å². The molecule has 0 bridgehead atoms. The molecule has 0 atom stereocenters. The first kappa shape index (κ1) is 21.0. The Morgan fingerprint density at radius 2 is 1.53 bits per heavy atom. The van der Waals surface area contributed by atoms with Crippen LogP contribution in [0.5, 0.6) is 0 Å². The van der Waals surface area contributed by atoms with Crippen LogP contribution in [0.2, 0.25) is 10.0 Å². The molecular formula is C25H14Cl2N4O2S. The number of benzene rings is 3. The van der Waals surface area contributed by atoms with Gasteiger partial charge in [-0.05, 0) is 48.0 Å². The standard InChI is InChI=1S/C25H14Cl2N4O2S/c26-16-9-5-14(6-10-16)13-30-19-4-2-1-3-18(19)20(23(30)32)21-24(33)31-25(34-21)28-22(29-31)15-7-11-17(27)12-8-15/h1-12H,13H2. The maximum absolute atomic E-state index is 13.6. The number of hydrogen-bond donors (Lipinski definition) is 0. The van der Waals surface area contributed by atoms with Gasteiger partial charge in [-0.1, -0.05) is 64.9 Å². The third-order valence-corrected chi connectivity index (χ3v) is 7.20. The second-order valence-electron chi connectivity index (χ2n) is 7.78. The van der Waals surface area contributed by atoms with E-state index in [9.17, 15) is 9.59 Å². The van der Waals surface area contributed by atoms with Gasteiger partial charge in [-0.3, -0.25) is 9.59 Å². The number of thiazole rings is 1. The number of para-hydroxylation sites is 1. The molecule has 0 aliphatic carbocycles. The van der Waals surface area contributed by atoms with Crippen LogP contribution in [0.1, 0.15) is 11.1 Å². The van der Waals surface area contributed by atoms with Gasteiger partial charge in [-0.2, -0.15) is 9.50 Å². The van der Waals surface area contributed by atoms with Gasteiger partial charge in [0.1, 0.15) is 4.53 Å². The first-order valence-electron chi connectivity index (χ1n) is 10.3. The van der Waals surface area contributed by atoms with Crippen LogP contribution in [0.15, 0.2) is 77.6 Å². The van der Waals surface area contributed by atoms with Gasteiger partial charge in [-0.15, -0.1) is 5.10 Å². The van der Waals surface area contributed by atoms with Gasteiger partial charge in [0.05, 0.1) is 17.8 Å². The highest BCUT2D eigenvalue weighted by Crippen LogP contribution is 2.36. The van der Waals surface area contributed by atoms with Crippen molar-refractivity contribution in [3.8, 4) is 11.4 Å². The number of rotatable bonds is 3. The van der Waals surface area contributed by atoms with Crippen molar-refractivity contribution < 1.29 is 4.79 Å². The van der Waals surface area contributed by atoms with Gasteiger partial charge in [0, 0.05) is 21.2 Å². The predicted octanol–water partition coefficient (Wildman–Crippen LogP) is 4.59. The van der Waals surface area contributed by atoms with Crippen LogP contribution < -0.4 is 15.0 Å². The lowest BCUT2D eigenvalue weighted by atomic mass is 10.1. The summed E-state index contributed by atoms with van der Waals surface area (Å²) in [7, 11) is 0. The summed E-state index contributed by atoms with van der Waals surface area (Å²) < 4.78 is 1.59. The van der Waals surface area contributed by atoms with Crippen molar-refractivity contribution in [1.29, 1.82) is 0 Å². The summed E-state index contributed by atoms with van der Waals surface area (Å²) >= 11 is 13.1. The fraction of sp³-hybridized carbons (Fsp3) is 0.0400. The quantitative estimate of drug-likeness (QED) is 0.360. The Hall–Kier alpha value is -3.52. The smallest absolute Gasteiger partial charge is 0.291 e. The molecule has 0 radical (unpaired) electrons. The third kappa shape index (κ3) is 3.40. The number of carbonyl (C=O) groups is 1. The maximum Gasteiger partial charge on any atom is 0.291 e. The van der Waals surface area contributed by atoms with Gasteiger partial charge >= 0.3 is 0 Å². The molecule has 1 amide bonds. The molecule has 3 heterocycles. The molecule has 0 fully saturated rings. The molecule has 1 aliphatic heterocycles. The zero-order valence-corrected chi connectivity index (χ0v) is 19.7. The molecule has 9 heteroatoms. The van der Waals surface area contributed by atoms with E-state index in [2.05, 4.69) is 10.1 Å². The summed E-state index contributed by atoms with van der Waals surface area (Å²) in [4.78, 5) is 33.5. The van der Waals surface area contributed by atoms with Crippen LogP contribution in [0, 0.1) is 0 Å². The highest BCUT2D eigenvalue weighted by molar-refractivity contribution is 7.15. The molecule has 1 aliphatic rings. The lowest BCUT2D eigenvalue weighted by Crippen LogP contribution is -2.32. The minimum absolute atomic E-state index is 0.226. The van der Waals surface area contributed by atoms with Crippen LogP contribution in [-0.2, 0) is 11.3 Å². The molecule has 2 aromatic heterocycles. The van der Waals surface area contributed by atoms with Gasteiger partial charge < -0.3 is 4.90 Å². The summed E-state index contributed by atoms with van der Waals surface area (Å²) in [5.41, 5.74) is 3.19. The monoisotopic (exact) mass is 504 g/mol. The Morgan fingerprint density at radius 1 is 0.853 bits per heavy atom. The Labute approximate surface area is 207 Å². The van der Waals surface area contributed by atoms with Crippen molar-refractivity contribution >= 4 is 56.7 Å². The van der Waals surface area contributed by atoms with E-state index >= 15 is 0 Å². The maximum atomic E-state index is 13.6. The minimum Gasteiger partial charge on any atom is -0.303 e. The largest absolute Gasteiger partial charge is 0.303 e. The van der Waals surface area contributed by atoms with Crippen LogP contribution >= 0.6 is 34.5 Å². The molecule has 3 aromatic carbocycles. The van der Waals surface area contributed by atoms with E-state index in [1.807, 2.05) is 36.4 Å². The summed E-state index contributed by atoms with van der Waals surface area (Å²) in [6.45, 7) is 0.367. The van der Waals surface area contributed by atoms with Crippen molar-refractivity contribution in [2.45, 2.75) is 6.54 Å². The summed E-state index contributed by atoms with van der Waals surface area (Å²) in [6, 6.07) is 21.9. The van der Waals surface area contributed by atoms with E-state index in [1.165, 1.54) is 15.9 Å². The van der Waals surface area contributed by atoms with E-state index in [0.717, 1.165) is 22.4 Å². The third-order valence-electron chi connectivity index (χ3n) is 5.66. The first-order valence-corrected chi connectivity index (χ1v) is 11.9. The molecular weight excluding hydrogens is 491 g/mol. The number of nitrogens with zero attached hydrogens (tertiary/aromatic N) is 4. The minimum atomic E-state index is -0.362. The lowest BCUT2D eigenvalue weighted by molar-refractivity contribution is -0.113. The van der Waals surface area contributed by atoms with Crippen molar-refractivity contribution in [3.05, 3.63) is 109 Å². The Kier molecular flexibility index (Phi) is 4.99. The second-order valence-corrected chi connectivity index (χ2v) is 9.63. The number of hydrogen-bond acceptors (Lipinski definition) is 5. The van der Waals surface area contributed by atoms with E-state index in [0.29, 0.717) is 37.5 Å². The highest BCUT2D eigenvalue weighted by Gasteiger charge is 2.34. The highest BCUT2D eigenvalue weighted by atomic mass is 35.5. The summed E-state index contributed by atoms with van der Waals surface area (Å²) in [6.07, 6.45) is 0. The van der Waals surface area contributed by atoms with Gasteiger partial charge in [0.2, 0.25) is 4.96 Å². The molecule has 6 nitrogen and oxygen atoms in total. The number of anilines is 1. The Balaban J connectivity index is 1.48. The SMILES string of the molecule is O=C1C(=c2sc3nc(-c4ccc(Cl)cc4)nn3c2=O)c2ccccc2N1Cc1ccc(Cl)cc1. The van der Waals surface area contributed by atoms with E-state index < -0.39 is 0 Å². The Bertz CT molecular complexity index is 1690. The number of halogens is 2. The van der Waals surface area contributed by atoms with Gasteiger partial charge in [-0.25, -0.2) is 0 Å². The molecule has 0 N–H and O–H groups in total. The first-order chi connectivity index (χ1) is 16.5. The normalized spacial score (nSPS) is 14.8. The fourth-order valence-electron chi connectivity index (χ4n) is 4.04. The van der Waals surface area contributed by atoms with Gasteiger partial charge in [0.25, 0.3) is 11.5 Å². The molecule has 166 valence electrons. The zero-order valence-electron chi connectivity index (χ0n) is 17.4. The molecule has 0 spiro atoms. The van der Waals surface area contributed by atoms with Crippen LogP contribution in [0.25, 0.3) is 21.9 Å². The molecule has 6 rings (SSSR count). The molecule has 5 aromatic rings. The van der Waals surface area contributed by atoms with Crippen LogP contribution in [0.4, 0.5) is 5.69 Å². The average Bonchev–Trinajstić information content (AvgIpc) is 3.47. The molecule has 0 saturated heterocycles. The topological polar surface area (TPSA) is 67.6 Å². The summed E-state index contributed by atoms with van der Waals surface area (Å²) in [5, 5.41) is 5.63. The van der Waals surface area contributed by atoms with E-state index in [-0.39, 0.29) is 11.5 Å². The second kappa shape index (κ2) is 8.06. The van der Waals surface area contributed by atoms with Crippen LogP contribution in [-0.4, -0.2) is 20.5 Å². The predicted molar refractivity (Wildman–Crippen MR) is 134 cm³/mol. The van der Waals surface area contributed by atoms with Crippen LogP contribution in [0.3, 0.4) is 0 Å². The molecule has 34 heavy (non-hydrogen) atoms. The number of amides is 1. The lowest BCUT2D eigenvalue weighted by Gasteiger charge is -2.17.